The predicted octanol–water partition coefficient (Wildman–Crippen LogP) is 4.78. The van der Waals surface area contributed by atoms with E-state index < -0.39 is 5.82 Å². The second kappa shape index (κ2) is 11.8. The zero-order valence-corrected chi connectivity index (χ0v) is 23.1. The van der Waals surface area contributed by atoms with E-state index in [9.17, 15) is 14.0 Å². The smallest absolute Gasteiger partial charge is 0.246 e. The number of amides is 2. The summed E-state index contributed by atoms with van der Waals surface area (Å²) in [5.41, 5.74) is 2.13. The second-order valence-electron chi connectivity index (χ2n) is 9.55. The Kier molecular flexibility index (Phi) is 8.44. The topological polar surface area (TPSA) is 97.8 Å². The lowest BCUT2D eigenvalue weighted by atomic mass is 10.1. The van der Waals surface area contributed by atoms with Gasteiger partial charge in [0, 0.05) is 38.3 Å². The molecule has 0 saturated carbocycles. The number of aromatic nitrogens is 3. The van der Waals surface area contributed by atoms with Gasteiger partial charge in [-0.25, -0.2) is 9.37 Å². The zero-order chi connectivity index (χ0) is 28.3. The molecule has 4 rings (SSSR count). The fourth-order valence-electron chi connectivity index (χ4n) is 4.80. The molecule has 9 nitrogen and oxygen atoms in total. The maximum Gasteiger partial charge on any atom is 0.246 e. The second-order valence-corrected chi connectivity index (χ2v) is 9.95. The molecule has 1 saturated heterocycles. The minimum Gasteiger partial charge on any atom is -0.350 e. The van der Waals surface area contributed by atoms with Crippen molar-refractivity contribution in [3.8, 4) is 11.3 Å². The molecule has 0 bridgehead atoms. The van der Waals surface area contributed by atoms with E-state index >= 15 is 0 Å². The van der Waals surface area contributed by atoms with Crippen molar-refractivity contribution in [2.75, 3.05) is 31.6 Å². The molecule has 3 aromatic rings. The lowest BCUT2D eigenvalue weighted by Gasteiger charge is -2.41. The van der Waals surface area contributed by atoms with E-state index in [0.29, 0.717) is 43.1 Å². The highest BCUT2D eigenvalue weighted by Crippen LogP contribution is 2.37. The van der Waals surface area contributed by atoms with E-state index in [0.717, 1.165) is 5.69 Å². The fourth-order valence-corrected chi connectivity index (χ4v) is 5.06. The number of nitrogens with one attached hydrogen (secondary N) is 1. The summed E-state index contributed by atoms with van der Waals surface area (Å²) in [4.78, 5) is 39.4. The third-order valence-corrected chi connectivity index (χ3v) is 7.03. The zero-order valence-electron chi connectivity index (χ0n) is 22.4. The number of H-pyrrole nitrogens is 1. The molecule has 1 fully saturated rings. The highest BCUT2D eigenvalue weighted by atomic mass is 35.5. The van der Waals surface area contributed by atoms with E-state index in [-0.39, 0.29) is 40.0 Å². The monoisotopic (exact) mass is 551 g/mol. The molecule has 2 aromatic heterocycles. The van der Waals surface area contributed by atoms with Gasteiger partial charge in [-0.05, 0) is 37.1 Å². The fraction of sp³-hybridized carbons (Fsp3) is 0.321. The molecule has 11 heteroatoms. The summed E-state index contributed by atoms with van der Waals surface area (Å²) in [6.07, 6.45) is 3.51. The minimum atomic E-state index is -0.490. The van der Waals surface area contributed by atoms with Gasteiger partial charge in [0.05, 0.1) is 33.9 Å². The van der Waals surface area contributed by atoms with Crippen LogP contribution in [0, 0.1) is 5.82 Å². The van der Waals surface area contributed by atoms with Crippen LogP contribution in [-0.2, 0) is 9.59 Å². The first-order valence-electron chi connectivity index (χ1n) is 12.6. The predicted molar refractivity (Wildman–Crippen MR) is 151 cm³/mol. The van der Waals surface area contributed by atoms with Crippen molar-refractivity contribution in [1.29, 1.82) is 0 Å². The highest BCUT2D eigenvalue weighted by Gasteiger charge is 2.32. The van der Waals surface area contributed by atoms with Crippen LogP contribution < -0.4 is 4.90 Å². The van der Waals surface area contributed by atoms with Crippen LogP contribution in [0.5, 0.6) is 0 Å². The average molecular weight is 552 g/mol. The Morgan fingerprint density at radius 1 is 1.33 bits per heavy atom. The maximum absolute atomic E-state index is 14.8. The number of anilines is 2. The van der Waals surface area contributed by atoms with Gasteiger partial charge in [0.15, 0.2) is 5.82 Å². The van der Waals surface area contributed by atoms with Gasteiger partial charge < -0.3 is 9.80 Å². The van der Waals surface area contributed by atoms with Crippen LogP contribution in [-0.4, -0.2) is 75.9 Å². The quantitative estimate of drug-likeness (QED) is 0.197. The third-order valence-electron chi connectivity index (χ3n) is 6.74. The van der Waals surface area contributed by atoms with E-state index in [1.54, 1.807) is 42.4 Å². The van der Waals surface area contributed by atoms with Crippen molar-refractivity contribution in [2.45, 2.75) is 32.7 Å². The van der Waals surface area contributed by atoms with Gasteiger partial charge in [0.2, 0.25) is 12.3 Å². The molecule has 1 aliphatic heterocycles. The van der Waals surface area contributed by atoms with Crippen molar-refractivity contribution < 1.29 is 14.0 Å². The van der Waals surface area contributed by atoms with Gasteiger partial charge in [0.1, 0.15) is 11.7 Å². The summed E-state index contributed by atoms with van der Waals surface area (Å²) in [6.45, 7) is 10.9. The molecular formula is C28H31ClFN7O2. The summed E-state index contributed by atoms with van der Waals surface area (Å²) in [6, 6.07) is 7.75. The molecule has 1 aliphatic rings. The summed E-state index contributed by atoms with van der Waals surface area (Å²) < 4.78 is 14.8. The molecule has 1 aromatic carbocycles. The first kappa shape index (κ1) is 28.0. The van der Waals surface area contributed by atoms with Crippen LogP contribution in [0.3, 0.4) is 0 Å². The molecule has 1 unspecified atom stereocenters. The number of hydrogen-bond donors (Lipinski definition) is 1. The molecule has 39 heavy (non-hydrogen) atoms. The maximum atomic E-state index is 14.8. The van der Waals surface area contributed by atoms with Crippen LogP contribution in [0.1, 0.15) is 37.9 Å². The summed E-state index contributed by atoms with van der Waals surface area (Å²) in [5, 5.41) is 7.32. The number of hydrogen-bond acceptors (Lipinski definition) is 5. The number of amidine groups is 1. The molecule has 2 amide bonds. The van der Waals surface area contributed by atoms with Crippen LogP contribution in [0.25, 0.3) is 11.3 Å². The molecular weight excluding hydrogens is 521 g/mol. The van der Waals surface area contributed by atoms with Crippen LogP contribution in [0.2, 0.25) is 5.02 Å². The number of benzene rings is 1. The highest BCUT2D eigenvalue weighted by molar-refractivity contribution is 6.33. The number of piperazine rings is 1. The normalized spacial score (nSPS) is 16.0. The summed E-state index contributed by atoms with van der Waals surface area (Å²) >= 11 is 6.73. The first-order chi connectivity index (χ1) is 18.7. The molecule has 0 spiro atoms. The molecule has 0 radical (unpaired) electrons. The molecule has 3 heterocycles. The Labute approximate surface area is 232 Å². The summed E-state index contributed by atoms with van der Waals surface area (Å²) in [5.74, 6) is 0.175. The van der Waals surface area contributed by atoms with E-state index in [1.807, 2.05) is 25.7 Å². The van der Waals surface area contributed by atoms with E-state index in [2.05, 4.69) is 21.8 Å². The number of rotatable bonds is 7. The number of nitrogens with zero attached hydrogens (tertiary/aromatic N) is 6. The SMILES string of the molecule is C=CC(=O)N1CCN(/C(=N/C)c2cc(Cl)c(-c3ccccc3F)nc2N(C=O)c2cn[nH]c2C(C)C)C(C)C1. The Morgan fingerprint density at radius 2 is 2.08 bits per heavy atom. The van der Waals surface area contributed by atoms with Crippen molar-refractivity contribution in [2.24, 2.45) is 4.99 Å². The number of carbonyl (C=O) groups excluding carboxylic acids is 2. The van der Waals surface area contributed by atoms with Gasteiger partial charge in [0.25, 0.3) is 0 Å². The molecule has 0 aliphatic carbocycles. The molecule has 1 N–H and O–H groups in total. The third kappa shape index (κ3) is 5.42. The van der Waals surface area contributed by atoms with Crippen molar-refractivity contribution in [3.63, 3.8) is 0 Å². The van der Waals surface area contributed by atoms with Crippen molar-refractivity contribution in [1.82, 2.24) is 25.0 Å². The molecule has 1 atom stereocenters. The number of aromatic amines is 1. The van der Waals surface area contributed by atoms with Gasteiger partial charge in [-0.3, -0.25) is 24.6 Å². The van der Waals surface area contributed by atoms with Gasteiger partial charge in [-0.2, -0.15) is 5.10 Å². The van der Waals surface area contributed by atoms with Crippen molar-refractivity contribution in [3.05, 3.63) is 71.3 Å². The number of aliphatic imine (C=N–C) groups is 1. The lowest BCUT2D eigenvalue weighted by molar-refractivity contribution is -0.128. The number of carbonyl (C=O) groups is 2. The van der Waals surface area contributed by atoms with Crippen LogP contribution >= 0.6 is 11.6 Å². The van der Waals surface area contributed by atoms with Gasteiger partial charge >= 0.3 is 0 Å². The van der Waals surface area contributed by atoms with Gasteiger partial charge in [-0.1, -0.05) is 44.2 Å². The average Bonchev–Trinajstić information content (AvgIpc) is 3.41. The summed E-state index contributed by atoms with van der Waals surface area (Å²) in [7, 11) is 1.65. The van der Waals surface area contributed by atoms with Crippen molar-refractivity contribution >= 4 is 41.3 Å². The number of halogens is 2. The van der Waals surface area contributed by atoms with Crippen LogP contribution in [0.4, 0.5) is 15.9 Å². The molecule has 204 valence electrons. The Balaban J connectivity index is 1.90. The lowest BCUT2D eigenvalue weighted by Crippen LogP contribution is -2.55. The van der Waals surface area contributed by atoms with E-state index in [4.69, 9.17) is 16.6 Å². The van der Waals surface area contributed by atoms with E-state index in [1.165, 1.54) is 17.0 Å². The Hall–Kier alpha value is -4.05. The standard InChI is InChI=1S/C28H31ClFN7O2/c1-6-24(39)35-11-12-36(18(4)15-35)27(31-5)20-13-21(29)26(19-9-7-8-10-22(19)30)33-28(20)37(16-38)23-14-32-34-25(23)17(2)3/h6-10,13-14,16-18H,1,11-12,15H2,2-5H3,(H,32,34)/b31-27+. The number of pyridine rings is 1. The first-order valence-corrected chi connectivity index (χ1v) is 13.0. The van der Waals surface area contributed by atoms with Gasteiger partial charge in [-0.15, -0.1) is 0 Å². The van der Waals surface area contributed by atoms with Crippen LogP contribution in [0.15, 0.2) is 54.2 Å². The Morgan fingerprint density at radius 3 is 2.69 bits per heavy atom. The Bertz CT molecular complexity index is 1420. The minimum absolute atomic E-state index is 0.0292. The largest absolute Gasteiger partial charge is 0.350 e.